The molecule has 0 unspecified atom stereocenters. The Morgan fingerprint density at radius 3 is 2.39 bits per heavy atom. The molecule has 3 N–H and O–H groups in total. The Balaban J connectivity index is 1.57. The number of carbonyl (C=O) groups excluding carboxylic acids is 2. The van der Waals surface area contributed by atoms with Gasteiger partial charge in [0.2, 0.25) is 5.91 Å². The lowest BCUT2D eigenvalue weighted by atomic mass is 9.78. The number of aromatic nitrogens is 1. The molecule has 7 heteroatoms. The molecule has 0 radical (unpaired) electrons. The Hall–Kier alpha value is -3.22. The van der Waals surface area contributed by atoms with Crippen molar-refractivity contribution >= 4 is 23.5 Å². The first-order valence-corrected chi connectivity index (χ1v) is 9.35. The van der Waals surface area contributed by atoms with Crippen molar-refractivity contribution in [2.45, 2.75) is 32.2 Å². The van der Waals surface area contributed by atoms with Gasteiger partial charge in [-0.15, -0.1) is 0 Å². The third-order valence-electron chi connectivity index (χ3n) is 5.01. The smallest absolute Gasteiger partial charge is 0.307 e. The minimum Gasteiger partial charge on any atom is -0.481 e. The molecule has 1 heterocycles. The molecule has 2 aromatic rings. The summed E-state index contributed by atoms with van der Waals surface area (Å²) in [6.45, 7) is 0.378. The van der Waals surface area contributed by atoms with E-state index in [1.165, 1.54) is 0 Å². The van der Waals surface area contributed by atoms with Crippen molar-refractivity contribution in [1.29, 1.82) is 0 Å². The number of benzene rings is 1. The van der Waals surface area contributed by atoms with E-state index in [-0.39, 0.29) is 11.8 Å². The lowest BCUT2D eigenvalue weighted by molar-refractivity contribution is -0.147. The van der Waals surface area contributed by atoms with Crippen LogP contribution in [0.2, 0.25) is 0 Å². The summed E-state index contributed by atoms with van der Waals surface area (Å²) in [5, 5.41) is 14.9. The first-order valence-electron chi connectivity index (χ1n) is 9.35. The van der Waals surface area contributed by atoms with Crippen molar-refractivity contribution in [1.82, 2.24) is 10.3 Å². The first-order chi connectivity index (χ1) is 13.5. The Morgan fingerprint density at radius 1 is 1.04 bits per heavy atom. The number of hydrogen-bond donors (Lipinski definition) is 3. The van der Waals surface area contributed by atoms with Crippen molar-refractivity contribution in [3.8, 4) is 0 Å². The molecular weight excluding hydrogens is 358 g/mol. The Kier molecular flexibility index (Phi) is 6.37. The molecule has 1 aromatic heterocycles. The van der Waals surface area contributed by atoms with Gasteiger partial charge in [0.1, 0.15) is 0 Å². The van der Waals surface area contributed by atoms with Gasteiger partial charge in [0.25, 0.3) is 5.91 Å². The zero-order chi connectivity index (χ0) is 19.9. The van der Waals surface area contributed by atoms with Crippen molar-refractivity contribution in [2.24, 2.45) is 11.8 Å². The monoisotopic (exact) mass is 381 g/mol. The van der Waals surface area contributed by atoms with Gasteiger partial charge >= 0.3 is 5.97 Å². The van der Waals surface area contributed by atoms with E-state index in [4.69, 9.17) is 0 Å². The van der Waals surface area contributed by atoms with Crippen LogP contribution in [0.15, 0.2) is 48.8 Å². The summed E-state index contributed by atoms with van der Waals surface area (Å²) < 4.78 is 0. The molecule has 7 nitrogen and oxygen atoms in total. The van der Waals surface area contributed by atoms with E-state index in [9.17, 15) is 19.5 Å². The fourth-order valence-electron chi connectivity index (χ4n) is 3.47. The van der Waals surface area contributed by atoms with Gasteiger partial charge in [-0.1, -0.05) is 18.9 Å². The summed E-state index contributed by atoms with van der Waals surface area (Å²) >= 11 is 0. The van der Waals surface area contributed by atoms with E-state index in [1.54, 1.807) is 42.7 Å². The molecule has 1 aliphatic carbocycles. The third-order valence-corrected chi connectivity index (χ3v) is 5.01. The minimum atomic E-state index is -0.916. The molecule has 1 fully saturated rings. The quantitative estimate of drug-likeness (QED) is 0.713. The number of rotatable bonds is 6. The van der Waals surface area contributed by atoms with Gasteiger partial charge in [-0.2, -0.15) is 0 Å². The SMILES string of the molecule is O=C(NCc1cccnc1)c1ccc(NC(=O)[C@H]2CCCC[C@H]2C(=O)O)cc1. The highest BCUT2D eigenvalue weighted by molar-refractivity contribution is 5.97. The van der Waals surface area contributed by atoms with Gasteiger partial charge in [-0.25, -0.2) is 0 Å². The number of nitrogens with zero attached hydrogens (tertiary/aromatic N) is 1. The number of carboxylic acid groups (broad SMARTS) is 1. The van der Waals surface area contributed by atoms with Crippen molar-refractivity contribution < 1.29 is 19.5 Å². The number of hydrogen-bond acceptors (Lipinski definition) is 4. The van der Waals surface area contributed by atoms with Gasteiger partial charge in [0.15, 0.2) is 0 Å². The summed E-state index contributed by atoms with van der Waals surface area (Å²) in [4.78, 5) is 40.1. The van der Waals surface area contributed by atoms with Crippen LogP contribution >= 0.6 is 0 Å². The van der Waals surface area contributed by atoms with Crippen LogP contribution in [0.25, 0.3) is 0 Å². The van der Waals surface area contributed by atoms with Gasteiger partial charge < -0.3 is 15.7 Å². The fourth-order valence-corrected chi connectivity index (χ4v) is 3.47. The van der Waals surface area contributed by atoms with Crippen LogP contribution in [0.5, 0.6) is 0 Å². The number of aliphatic carboxylic acids is 1. The summed E-state index contributed by atoms with van der Waals surface area (Å²) in [6, 6.07) is 10.2. The van der Waals surface area contributed by atoms with E-state index in [2.05, 4.69) is 15.6 Å². The van der Waals surface area contributed by atoms with Gasteiger partial charge in [0.05, 0.1) is 11.8 Å². The Labute approximate surface area is 163 Å². The average Bonchev–Trinajstić information content (AvgIpc) is 2.73. The van der Waals surface area contributed by atoms with Crippen LogP contribution in [0.1, 0.15) is 41.6 Å². The van der Waals surface area contributed by atoms with Gasteiger partial charge in [0, 0.05) is 30.2 Å². The molecule has 28 heavy (non-hydrogen) atoms. The van der Waals surface area contributed by atoms with Crippen molar-refractivity contribution in [3.05, 3.63) is 59.9 Å². The van der Waals surface area contributed by atoms with E-state index < -0.39 is 17.8 Å². The molecule has 1 saturated carbocycles. The number of anilines is 1. The van der Waals surface area contributed by atoms with Crippen LogP contribution in [-0.4, -0.2) is 27.9 Å². The minimum absolute atomic E-state index is 0.222. The second-order valence-electron chi connectivity index (χ2n) is 6.95. The summed E-state index contributed by atoms with van der Waals surface area (Å²) in [7, 11) is 0. The fraction of sp³-hybridized carbons (Fsp3) is 0.333. The Morgan fingerprint density at radius 2 is 1.75 bits per heavy atom. The van der Waals surface area contributed by atoms with Gasteiger partial charge in [-0.05, 0) is 48.7 Å². The Bertz CT molecular complexity index is 836. The van der Waals surface area contributed by atoms with E-state index in [0.29, 0.717) is 30.6 Å². The van der Waals surface area contributed by atoms with Crippen LogP contribution in [0.4, 0.5) is 5.69 Å². The number of amides is 2. The second-order valence-corrected chi connectivity index (χ2v) is 6.95. The molecule has 0 bridgehead atoms. The van der Waals surface area contributed by atoms with Crippen LogP contribution < -0.4 is 10.6 Å². The van der Waals surface area contributed by atoms with Crippen molar-refractivity contribution in [3.63, 3.8) is 0 Å². The lowest BCUT2D eigenvalue weighted by Crippen LogP contribution is -2.36. The molecule has 2 atom stereocenters. The molecule has 1 aromatic carbocycles. The van der Waals surface area contributed by atoms with E-state index >= 15 is 0 Å². The topological polar surface area (TPSA) is 108 Å². The number of pyridine rings is 1. The molecule has 0 spiro atoms. The maximum absolute atomic E-state index is 12.5. The average molecular weight is 381 g/mol. The van der Waals surface area contributed by atoms with E-state index in [1.807, 2.05) is 6.07 Å². The summed E-state index contributed by atoms with van der Waals surface area (Å²) in [5.74, 6) is -2.57. The number of nitrogens with one attached hydrogen (secondary N) is 2. The second kappa shape index (κ2) is 9.12. The number of carboxylic acids is 1. The highest BCUT2D eigenvalue weighted by atomic mass is 16.4. The maximum atomic E-state index is 12.5. The summed E-state index contributed by atoms with van der Waals surface area (Å²) in [5.41, 5.74) is 1.92. The first kappa shape index (κ1) is 19.5. The summed E-state index contributed by atoms with van der Waals surface area (Å²) in [6.07, 6.45) is 6.17. The molecule has 1 aliphatic rings. The zero-order valence-corrected chi connectivity index (χ0v) is 15.4. The normalized spacial score (nSPS) is 18.9. The molecule has 3 rings (SSSR count). The molecule has 0 aliphatic heterocycles. The van der Waals surface area contributed by atoms with Crippen LogP contribution in [-0.2, 0) is 16.1 Å². The largest absolute Gasteiger partial charge is 0.481 e. The third kappa shape index (κ3) is 4.94. The molecule has 146 valence electrons. The van der Waals surface area contributed by atoms with Crippen LogP contribution in [0.3, 0.4) is 0 Å². The van der Waals surface area contributed by atoms with Crippen LogP contribution in [0, 0.1) is 11.8 Å². The highest BCUT2D eigenvalue weighted by Crippen LogP contribution is 2.31. The van der Waals surface area contributed by atoms with Crippen molar-refractivity contribution in [2.75, 3.05) is 5.32 Å². The van der Waals surface area contributed by atoms with E-state index in [0.717, 1.165) is 18.4 Å². The predicted molar refractivity (Wildman–Crippen MR) is 104 cm³/mol. The standard InChI is InChI=1S/C21H23N3O4/c25-19(23-13-14-4-3-11-22-12-14)15-7-9-16(10-8-15)24-20(26)17-5-1-2-6-18(17)21(27)28/h3-4,7-12,17-18H,1-2,5-6,13H2,(H,23,25)(H,24,26)(H,27,28)/t17-,18+/m0/s1. The highest BCUT2D eigenvalue weighted by Gasteiger charge is 2.35. The predicted octanol–water partition coefficient (Wildman–Crippen LogP) is 2.84. The number of carbonyl (C=O) groups is 3. The molecule has 2 amide bonds. The molecular formula is C21H23N3O4. The van der Waals surface area contributed by atoms with Gasteiger partial charge in [-0.3, -0.25) is 19.4 Å². The zero-order valence-electron chi connectivity index (χ0n) is 15.4. The maximum Gasteiger partial charge on any atom is 0.307 e. The lowest BCUT2D eigenvalue weighted by Gasteiger charge is -2.27. The molecule has 0 saturated heterocycles.